The van der Waals surface area contributed by atoms with Gasteiger partial charge in [-0.25, -0.2) is 0 Å². The van der Waals surface area contributed by atoms with Gasteiger partial charge in [0.05, 0.1) is 38.1 Å². The molecule has 0 aromatic heterocycles. The minimum Gasteiger partial charge on any atom is -0.394 e. The lowest BCUT2D eigenvalue weighted by Crippen LogP contribution is -2.36. The van der Waals surface area contributed by atoms with Gasteiger partial charge in [-0.15, -0.1) is 0 Å². The highest BCUT2D eigenvalue weighted by molar-refractivity contribution is 4.94. The first-order valence-electron chi connectivity index (χ1n) is 14.8. The molecular weight excluding hydrogens is 474 g/mol. The first-order chi connectivity index (χ1) is 17.8. The Hall–Kier alpha value is -0.360. The van der Waals surface area contributed by atoms with Crippen LogP contribution in [0.3, 0.4) is 0 Å². The molecule has 3 N–H and O–H groups in total. The summed E-state index contributed by atoms with van der Waals surface area (Å²) in [6.07, 6.45) is 7.71. The van der Waals surface area contributed by atoms with Crippen LogP contribution in [0.15, 0.2) is 0 Å². The van der Waals surface area contributed by atoms with Crippen molar-refractivity contribution in [1.29, 1.82) is 0 Å². The molecule has 0 amide bonds. The zero-order valence-electron chi connectivity index (χ0n) is 23.7. The predicted octanol–water partition coefficient (Wildman–Crippen LogP) is 1.54. The zero-order valence-corrected chi connectivity index (χ0v) is 23.7. The number of epoxide rings is 1. The normalized spacial score (nSPS) is 29.4. The second kappa shape index (κ2) is 16.0. The minimum atomic E-state index is -0.543. The van der Waals surface area contributed by atoms with E-state index < -0.39 is 18.0 Å². The first-order valence-corrected chi connectivity index (χ1v) is 14.8. The molecule has 0 aromatic rings. The Labute approximate surface area is 225 Å². The molecule has 9 heteroatoms. The summed E-state index contributed by atoms with van der Waals surface area (Å²) in [6.45, 7) is 16.3. The number of likely N-dealkylation sites (tertiary alicyclic amines) is 3. The lowest BCUT2D eigenvalue weighted by atomic mass is 10.1. The Morgan fingerprint density at radius 3 is 1.84 bits per heavy atom. The average Bonchev–Trinajstić information content (AvgIpc) is 3.44. The average molecular weight is 530 g/mol. The Bertz CT molecular complexity index is 611. The smallest absolute Gasteiger partial charge is 0.193 e. The fraction of sp³-hybridized carbons (Fsp3) is 1.00. The molecule has 4 aliphatic heterocycles. The van der Waals surface area contributed by atoms with Crippen molar-refractivity contribution in [2.24, 2.45) is 5.92 Å². The molecule has 4 heterocycles. The maximum Gasteiger partial charge on any atom is 0.193 e. The molecule has 5 unspecified atom stereocenters. The van der Waals surface area contributed by atoms with Crippen LogP contribution in [0.4, 0.5) is 0 Å². The summed E-state index contributed by atoms with van der Waals surface area (Å²) < 4.78 is 18.0. The monoisotopic (exact) mass is 529 g/mol. The molecule has 0 aromatic carbocycles. The van der Waals surface area contributed by atoms with E-state index in [0.717, 1.165) is 39.1 Å². The zero-order chi connectivity index (χ0) is 26.7. The summed E-state index contributed by atoms with van der Waals surface area (Å²) in [5.74, 6) is 0.0673. The summed E-state index contributed by atoms with van der Waals surface area (Å²) in [6, 6.07) is 0. The van der Waals surface area contributed by atoms with Crippen molar-refractivity contribution < 1.29 is 29.5 Å². The third-order valence-electron chi connectivity index (χ3n) is 7.89. The second-order valence-electron chi connectivity index (χ2n) is 12.0. The molecule has 9 nitrogen and oxygen atoms in total. The summed E-state index contributed by atoms with van der Waals surface area (Å²) >= 11 is 0. The molecule has 4 rings (SSSR count). The van der Waals surface area contributed by atoms with E-state index >= 15 is 0 Å². The van der Waals surface area contributed by atoms with Gasteiger partial charge in [0.25, 0.3) is 0 Å². The Morgan fingerprint density at radius 1 is 0.811 bits per heavy atom. The highest BCUT2D eigenvalue weighted by Gasteiger charge is 2.54. The Morgan fingerprint density at radius 2 is 1.32 bits per heavy atom. The van der Waals surface area contributed by atoms with Crippen molar-refractivity contribution in [3.8, 4) is 0 Å². The lowest BCUT2D eigenvalue weighted by Gasteiger charge is -2.24. The van der Waals surface area contributed by atoms with Gasteiger partial charge in [0.2, 0.25) is 0 Å². The number of rotatable bonds is 15. The van der Waals surface area contributed by atoms with Crippen molar-refractivity contribution in [3.63, 3.8) is 0 Å². The van der Waals surface area contributed by atoms with Crippen LogP contribution >= 0.6 is 0 Å². The van der Waals surface area contributed by atoms with Gasteiger partial charge < -0.3 is 44.2 Å². The van der Waals surface area contributed by atoms with Crippen LogP contribution in [0.5, 0.6) is 0 Å². The van der Waals surface area contributed by atoms with Gasteiger partial charge in [-0.3, -0.25) is 0 Å². The third kappa shape index (κ3) is 11.7. The largest absolute Gasteiger partial charge is 0.394 e. The highest BCUT2D eigenvalue weighted by atomic mass is 16.8. The number of hydrogen-bond acceptors (Lipinski definition) is 9. The predicted molar refractivity (Wildman–Crippen MR) is 145 cm³/mol. The highest BCUT2D eigenvalue weighted by Crippen LogP contribution is 2.38. The summed E-state index contributed by atoms with van der Waals surface area (Å²) in [7, 11) is 0. The van der Waals surface area contributed by atoms with E-state index in [-0.39, 0.29) is 18.8 Å². The van der Waals surface area contributed by atoms with Crippen LogP contribution < -0.4 is 0 Å². The maximum atomic E-state index is 10.3. The Kier molecular flexibility index (Phi) is 13.5. The molecule has 0 bridgehead atoms. The van der Waals surface area contributed by atoms with Crippen LogP contribution in [-0.4, -0.2) is 139 Å². The number of hydrogen-bond donors (Lipinski definition) is 3. The molecule has 4 fully saturated rings. The van der Waals surface area contributed by atoms with Crippen LogP contribution in [0.25, 0.3) is 0 Å². The van der Waals surface area contributed by atoms with Gasteiger partial charge in [-0.1, -0.05) is 13.8 Å². The summed E-state index contributed by atoms with van der Waals surface area (Å²) in [4.78, 5) is 6.97. The van der Waals surface area contributed by atoms with Gasteiger partial charge in [-0.05, 0) is 97.1 Å². The number of aliphatic hydroxyl groups excluding tert-OH is 3. The molecule has 0 radical (unpaired) electrons. The summed E-state index contributed by atoms with van der Waals surface area (Å²) in [5.41, 5.74) is 0. The molecule has 0 saturated carbocycles. The van der Waals surface area contributed by atoms with Gasteiger partial charge >= 0.3 is 0 Å². The van der Waals surface area contributed by atoms with Crippen molar-refractivity contribution in [2.45, 2.75) is 95.9 Å². The lowest BCUT2D eigenvalue weighted by molar-refractivity contribution is -0.103. The van der Waals surface area contributed by atoms with Crippen LogP contribution in [0.2, 0.25) is 0 Å². The fourth-order valence-electron chi connectivity index (χ4n) is 5.63. The molecule has 0 spiro atoms. The standard InChI is InChI=1S/C21H40N2O4.C7H15NO2/c1-17(2)12-19(25-15-18(24)13-22-8-4-5-9-22)16-26-21(3)20(27-21)14-23-10-6-7-11-23;9-6-7(10)5-8-3-1-2-4-8/h17-20,24H,4-16H2,1-3H3;7,9-10H,1-6H2. The van der Waals surface area contributed by atoms with Crippen LogP contribution in [0, 0.1) is 5.92 Å². The van der Waals surface area contributed by atoms with Crippen molar-refractivity contribution in [3.05, 3.63) is 0 Å². The molecule has 4 saturated heterocycles. The molecule has 37 heavy (non-hydrogen) atoms. The second-order valence-corrected chi connectivity index (χ2v) is 12.0. The number of β-amino-alcohol motifs (C(OH)–C–C–N with tert-alkyl or cyclic N) is 2. The van der Waals surface area contributed by atoms with E-state index in [1.54, 1.807) is 0 Å². The molecule has 218 valence electrons. The van der Waals surface area contributed by atoms with Crippen molar-refractivity contribution in [2.75, 3.05) is 78.7 Å². The van der Waals surface area contributed by atoms with Crippen LogP contribution in [-0.2, 0) is 14.2 Å². The van der Waals surface area contributed by atoms with Gasteiger partial charge in [0.15, 0.2) is 5.79 Å². The maximum absolute atomic E-state index is 10.3. The van der Waals surface area contributed by atoms with Crippen molar-refractivity contribution in [1.82, 2.24) is 14.7 Å². The molecule has 0 aliphatic carbocycles. The van der Waals surface area contributed by atoms with E-state index in [1.165, 1.54) is 51.6 Å². The van der Waals surface area contributed by atoms with Crippen molar-refractivity contribution >= 4 is 0 Å². The molecule has 5 atom stereocenters. The van der Waals surface area contributed by atoms with Gasteiger partial charge in [-0.2, -0.15) is 0 Å². The summed E-state index contributed by atoms with van der Waals surface area (Å²) in [5, 5.41) is 27.8. The van der Waals surface area contributed by atoms with E-state index in [2.05, 4.69) is 28.5 Å². The van der Waals surface area contributed by atoms with E-state index in [9.17, 15) is 5.11 Å². The number of nitrogens with zero attached hydrogens (tertiary/aromatic N) is 3. The molecule has 4 aliphatic rings. The topological polar surface area (TPSA) is 101 Å². The first kappa shape index (κ1) is 31.2. The van der Waals surface area contributed by atoms with E-state index in [4.69, 9.17) is 24.4 Å². The van der Waals surface area contributed by atoms with E-state index in [1.807, 2.05) is 6.92 Å². The fourth-order valence-corrected chi connectivity index (χ4v) is 5.63. The van der Waals surface area contributed by atoms with Crippen LogP contribution in [0.1, 0.15) is 65.7 Å². The van der Waals surface area contributed by atoms with Gasteiger partial charge in [0.1, 0.15) is 6.10 Å². The third-order valence-corrected chi connectivity index (χ3v) is 7.89. The van der Waals surface area contributed by atoms with Gasteiger partial charge in [0, 0.05) is 19.6 Å². The number of ether oxygens (including phenoxy) is 3. The quantitative estimate of drug-likeness (QED) is 0.273. The number of aliphatic hydroxyl groups is 3. The SMILES string of the molecule is CC(C)CC(COC1(C)OC1CN1CCCC1)OCC(O)CN1CCCC1.OCC(O)CN1CCCC1. The Balaban J connectivity index is 0.000000319. The molecular formula is C28H55N3O6. The minimum absolute atomic E-state index is 0.00619. The van der Waals surface area contributed by atoms with E-state index in [0.29, 0.717) is 32.2 Å².